The zero-order chi connectivity index (χ0) is 21.0. The maximum absolute atomic E-state index is 5.93. The van der Waals surface area contributed by atoms with E-state index in [2.05, 4.69) is 32.7 Å². The van der Waals surface area contributed by atoms with Crippen LogP contribution in [-0.2, 0) is 19.6 Å². The molecule has 3 aromatic rings. The molecule has 0 spiro atoms. The normalized spacial score (nSPS) is 10.7. The highest BCUT2D eigenvalue weighted by Crippen LogP contribution is 2.16. The molecule has 0 saturated heterocycles. The third kappa shape index (κ3) is 8.09. The summed E-state index contributed by atoms with van der Waals surface area (Å²) in [6.45, 7) is 1.83. The Kier molecular flexibility index (Phi) is 10.6. The van der Waals surface area contributed by atoms with Crippen molar-refractivity contribution in [2.45, 2.75) is 19.6 Å². The van der Waals surface area contributed by atoms with E-state index < -0.39 is 0 Å². The Bertz CT molecular complexity index is 934. The van der Waals surface area contributed by atoms with E-state index in [0.29, 0.717) is 19.0 Å². The smallest absolute Gasteiger partial charge is 0.218 e. The molecular weight excluding hydrogens is 503 g/mol. The molecule has 7 heteroatoms. The molecular formula is C24H29IN4O2. The van der Waals surface area contributed by atoms with Crippen LogP contribution >= 0.6 is 24.0 Å². The lowest BCUT2D eigenvalue weighted by molar-refractivity contribution is 0.290. The van der Waals surface area contributed by atoms with Gasteiger partial charge in [-0.1, -0.05) is 48.5 Å². The number of pyridine rings is 1. The summed E-state index contributed by atoms with van der Waals surface area (Å²) in [5.74, 6) is 2.23. The molecule has 0 fully saturated rings. The summed E-state index contributed by atoms with van der Waals surface area (Å²) in [5.41, 5.74) is 3.33. The number of hydrogen-bond acceptors (Lipinski definition) is 4. The maximum atomic E-state index is 5.93. The van der Waals surface area contributed by atoms with Gasteiger partial charge in [-0.05, 0) is 35.7 Å². The van der Waals surface area contributed by atoms with Crippen molar-refractivity contribution in [1.29, 1.82) is 0 Å². The zero-order valence-corrected chi connectivity index (χ0v) is 20.2. The predicted octanol–water partition coefficient (Wildman–Crippen LogP) is 4.19. The molecule has 0 aliphatic carbocycles. The van der Waals surface area contributed by atoms with E-state index in [4.69, 9.17) is 9.47 Å². The van der Waals surface area contributed by atoms with E-state index in [0.717, 1.165) is 35.8 Å². The minimum absolute atomic E-state index is 0. The van der Waals surface area contributed by atoms with Gasteiger partial charge >= 0.3 is 0 Å². The van der Waals surface area contributed by atoms with Crippen molar-refractivity contribution in [3.8, 4) is 11.6 Å². The van der Waals surface area contributed by atoms with E-state index in [9.17, 15) is 0 Å². The first-order valence-corrected chi connectivity index (χ1v) is 9.96. The number of hydrogen-bond donors (Lipinski definition) is 2. The number of guanidine groups is 1. The first-order valence-electron chi connectivity index (χ1n) is 9.96. The van der Waals surface area contributed by atoms with Gasteiger partial charge in [0.2, 0.25) is 5.88 Å². The van der Waals surface area contributed by atoms with E-state index in [1.165, 1.54) is 5.56 Å². The number of aromatic nitrogens is 1. The molecule has 0 radical (unpaired) electrons. The number of nitrogens with zero attached hydrogens (tertiary/aromatic N) is 2. The van der Waals surface area contributed by atoms with Gasteiger partial charge in [-0.3, -0.25) is 4.99 Å². The summed E-state index contributed by atoms with van der Waals surface area (Å²) in [6, 6.07) is 22.1. The maximum Gasteiger partial charge on any atom is 0.218 e. The van der Waals surface area contributed by atoms with Gasteiger partial charge in [-0.15, -0.1) is 24.0 Å². The summed E-state index contributed by atoms with van der Waals surface area (Å²) in [7, 11) is 3.44. The molecule has 0 saturated carbocycles. The minimum atomic E-state index is 0. The standard InChI is InChI=1S/C24H28N4O2.HI/c1-25-24(27-16-14-19-10-12-22(29-2)13-11-19)28-17-21-9-6-15-26-23(21)30-18-20-7-4-3-5-8-20;/h3-13,15H,14,16-18H2,1-2H3,(H2,25,27,28);1H. The summed E-state index contributed by atoms with van der Waals surface area (Å²) in [5, 5.41) is 6.67. The molecule has 2 aromatic carbocycles. The van der Waals surface area contributed by atoms with Crippen molar-refractivity contribution in [1.82, 2.24) is 15.6 Å². The lowest BCUT2D eigenvalue weighted by Gasteiger charge is -2.14. The van der Waals surface area contributed by atoms with Crippen LogP contribution in [0.15, 0.2) is 77.9 Å². The summed E-state index contributed by atoms with van der Waals surface area (Å²) in [4.78, 5) is 8.68. The summed E-state index contributed by atoms with van der Waals surface area (Å²) < 4.78 is 11.1. The van der Waals surface area contributed by atoms with Gasteiger partial charge in [-0.2, -0.15) is 0 Å². The molecule has 6 nitrogen and oxygen atoms in total. The van der Waals surface area contributed by atoms with Crippen LogP contribution in [0.2, 0.25) is 0 Å². The summed E-state index contributed by atoms with van der Waals surface area (Å²) >= 11 is 0. The predicted molar refractivity (Wildman–Crippen MR) is 135 cm³/mol. The average molecular weight is 532 g/mol. The second-order valence-electron chi connectivity index (χ2n) is 6.69. The first kappa shape index (κ1) is 24.5. The van der Waals surface area contributed by atoms with Crippen molar-refractivity contribution < 1.29 is 9.47 Å². The largest absolute Gasteiger partial charge is 0.497 e. The highest BCUT2D eigenvalue weighted by atomic mass is 127. The van der Waals surface area contributed by atoms with Crippen LogP contribution < -0.4 is 20.1 Å². The van der Waals surface area contributed by atoms with Crippen LogP contribution in [0.3, 0.4) is 0 Å². The van der Waals surface area contributed by atoms with Crippen molar-refractivity contribution in [3.05, 3.63) is 89.6 Å². The topological polar surface area (TPSA) is 67.8 Å². The molecule has 0 unspecified atom stereocenters. The summed E-state index contributed by atoms with van der Waals surface area (Å²) in [6.07, 6.45) is 2.63. The van der Waals surface area contributed by atoms with Crippen LogP contribution in [0.5, 0.6) is 11.6 Å². The fourth-order valence-corrected chi connectivity index (χ4v) is 2.93. The highest BCUT2D eigenvalue weighted by Gasteiger charge is 2.07. The van der Waals surface area contributed by atoms with Gasteiger partial charge in [-0.25, -0.2) is 4.98 Å². The van der Waals surface area contributed by atoms with E-state index in [1.807, 2.05) is 54.6 Å². The molecule has 2 N–H and O–H groups in total. The Morgan fingerprint density at radius 2 is 1.71 bits per heavy atom. The molecule has 1 aromatic heterocycles. The van der Waals surface area contributed by atoms with Gasteiger partial charge in [0.05, 0.1) is 7.11 Å². The average Bonchev–Trinajstić information content (AvgIpc) is 2.81. The third-order valence-electron chi connectivity index (χ3n) is 4.60. The monoisotopic (exact) mass is 532 g/mol. The second kappa shape index (κ2) is 13.5. The van der Waals surface area contributed by atoms with E-state index >= 15 is 0 Å². The van der Waals surface area contributed by atoms with Gasteiger partial charge in [0.1, 0.15) is 12.4 Å². The second-order valence-corrected chi connectivity index (χ2v) is 6.69. The molecule has 0 atom stereocenters. The lowest BCUT2D eigenvalue weighted by atomic mass is 10.1. The zero-order valence-electron chi connectivity index (χ0n) is 17.9. The number of methoxy groups -OCH3 is 1. The fourth-order valence-electron chi connectivity index (χ4n) is 2.93. The molecule has 1 heterocycles. The van der Waals surface area contributed by atoms with Crippen molar-refractivity contribution in [2.24, 2.45) is 4.99 Å². The molecule has 164 valence electrons. The van der Waals surface area contributed by atoms with Gasteiger partial charge in [0.15, 0.2) is 5.96 Å². The number of aliphatic imine (C=N–C) groups is 1. The van der Waals surface area contributed by atoms with Gasteiger partial charge in [0.25, 0.3) is 0 Å². The van der Waals surface area contributed by atoms with Crippen LogP contribution in [0.25, 0.3) is 0 Å². The molecule has 0 amide bonds. The lowest BCUT2D eigenvalue weighted by Crippen LogP contribution is -2.38. The number of ether oxygens (including phenoxy) is 2. The Morgan fingerprint density at radius 1 is 0.935 bits per heavy atom. The highest BCUT2D eigenvalue weighted by molar-refractivity contribution is 14.0. The van der Waals surface area contributed by atoms with Crippen LogP contribution in [0.4, 0.5) is 0 Å². The first-order chi connectivity index (χ1) is 14.8. The molecule has 31 heavy (non-hydrogen) atoms. The van der Waals surface area contributed by atoms with Crippen molar-refractivity contribution in [2.75, 3.05) is 20.7 Å². The molecule has 0 bridgehead atoms. The van der Waals surface area contributed by atoms with Crippen molar-refractivity contribution >= 4 is 29.9 Å². The number of benzene rings is 2. The van der Waals surface area contributed by atoms with Crippen molar-refractivity contribution in [3.63, 3.8) is 0 Å². The number of nitrogens with one attached hydrogen (secondary N) is 2. The Labute approximate surface area is 201 Å². The quantitative estimate of drug-likeness (QED) is 0.246. The SMILES string of the molecule is CN=C(NCCc1ccc(OC)cc1)NCc1cccnc1OCc1ccccc1.I. The Hall–Kier alpha value is -2.81. The minimum Gasteiger partial charge on any atom is -0.497 e. The van der Waals surface area contributed by atoms with Crippen LogP contribution in [0.1, 0.15) is 16.7 Å². The van der Waals surface area contributed by atoms with E-state index in [-0.39, 0.29) is 24.0 Å². The molecule has 0 aliphatic heterocycles. The van der Waals surface area contributed by atoms with E-state index in [1.54, 1.807) is 20.4 Å². The number of halogens is 1. The Morgan fingerprint density at radius 3 is 2.42 bits per heavy atom. The fraction of sp³-hybridized carbons (Fsp3) is 0.250. The van der Waals surface area contributed by atoms with Crippen LogP contribution in [-0.4, -0.2) is 31.6 Å². The van der Waals surface area contributed by atoms with Gasteiger partial charge < -0.3 is 20.1 Å². The Balaban J connectivity index is 0.00000341. The number of rotatable bonds is 9. The van der Waals surface area contributed by atoms with Gasteiger partial charge in [0, 0.05) is 31.9 Å². The third-order valence-corrected chi connectivity index (χ3v) is 4.60. The van der Waals surface area contributed by atoms with Crippen LogP contribution in [0, 0.1) is 0 Å². The molecule has 3 rings (SSSR count). The molecule has 0 aliphatic rings.